The maximum Gasteiger partial charge on any atom is 0.225 e. The van der Waals surface area contributed by atoms with E-state index in [0.717, 1.165) is 24.2 Å². The average molecular weight is 451 g/mol. The third-order valence-corrected chi connectivity index (χ3v) is 6.91. The first-order valence-electron chi connectivity index (χ1n) is 11.9. The van der Waals surface area contributed by atoms with Crippen molar-refractivity contribution in [3.63, 3.8) is 0 Å². The summed E-state index contributed by atoms with van der Waals surface area (Å²) in [6, 6.07) is 16.4. The fraction of sp³-hybridized carbons (Fsp3) is 0.481. The number of nitrogens with zero attached hydrogens (tertiary/aromatic N) is 1. The van der Waals surface area contributed by atoms with Crippen molar-refractivity contribution in [2.45, 2.75) is 45.1 Å². The second kappa shape index (κ2) is 10.4. The van der Waals surface area contributed by atoms with Crippen molar-refractivity contribution < 1.29 is 19.1 Å². The van der Waals surface area contributed by atoms with Gasteiger partial charge in [0.1, 0.15) is 5.75 Å². The van der Waals surface area contributed by atoms with Gasteiger partial charge in [0.2, 0.25) is 11.8 Å². The molecule has 6 heteroatoms. The maximum absolute atomic E-state index is 13.0. The van der Waals surface area contributed by atoms with E-state index in [1.165, 1.54) is 11.1 Å². The van der Waals surface area contributed by atoms with Crippen molar-refractivity contribution in [3.8, 4) is 5.75 Å². The summed E-state index contributed by atoms with van der Waals surface area (Å²) in [4.78, 5) is 27.4. The van der Waals surface area contributed by atoms with Crippen LogP contribution in [0.15, 0.2) is 48.5 Å². The minimum Gasteiger partial charge on any atom is -0.494 e. The van der Waals surface area contributed by atoms with Crippen molar-refractivity contribution in [1.82, 2.24) is 10.2 Å². The van der Waals surface area contributed by atoms with E-state index in [1.54, 1.807) is 4.90 Å². The van der Waals surface area contributed by atoms with Crippen LogP contribution in [0.3, 0.4) is 0 Å². The molecule has 2 fully saturated rings. The first-order chi connectivity index (χ1) is 16.0. The molecule has 2 saturated heterocycles. The van der Waals surface area contributed by atoms with Gasteiger partial charge in [-0.15, -0.1) is 0 Å². The van der Waals surface area contributed by atoms with Crippen LogP contribution in [0.4, 0.5) is 0 Å². The molecule has 33 heavy (non-hydrogen) atoms. The lowest BCUT2D eigenvalue weighted by molar-refractivity contribution is -0.129. The minimum absolute atomic E-state index is 0.0356. The lowest BCUT2D eigenvalue weighted by Crippen LogP contribution is -2.46. The first kappa shape index (κ1) is 23.3. The third kappa shape index (κ3) is 5.56. The highest BCUT2D eigenvalue weighted by molar-refractivity contribution is 5.89. The van der Waals surface area contributed by atoms with Gasteiger partial charge in [0.05, 0.1) is 12.5 Å². The van der Waals surface area contributed by atoms with Crippen molar-refractivity contribution in [1.29, 1.82) is 0 Å². The number of benzene rings is 2. The summed E-state index contributed by atoms with van der Waals surface area (Å²) in [5.74, 6) is 0.556. The van der Waals surface area contributed by atoms with Crippen LogP contribution in [-0.4, -0.2) is 49.6 Å². The molecule has 0 aromatic heterocycles. The zero-order valence-electron chi connectivity index (χ0n) is 19.6. The zero-order valence-corrected chi connectivity index (χ0v) is 19.6. The SMILES string of the molecule is CCOc1ccc(C2(CNC(=O)C3CC(=O)N(Cc4ccc(C)cc4)C3)CCOCC2)cc1. The molecule has 6 nitrogen and oxygen atoms in total. The number of likely N-dealkylation sites (tertiary alicyclic amines) is 1. The molecule has 0 bridgehead atoms. The topological polar surface area (TPSA) is 67.9 Å². The van der Waals surface area contributed by atoms with E-state index in [0.29, 0.717) is 39.5 Å². The van der Waals surface area contributed by atoms with Gasteiger partial charge in [0.25, 0.3) is 0 Å². The molecule has 0 aliphatic carbocycles. The van der Waals surface area contributed by atoms with Crippen molar-refractivity contribution >= 4 is 11.8 Å². The summed E-state index contributed by atoms with van der Waals surface area (Å²) in [5.41, 5.74) is 3.31. The number of carbonyl (C=O) groups excluding carboxylic acids is 2. The molecule has 2 aromatic carbocycles. The molecule has 0 radical (unpaired) electrons. The Kier molecular flexibility index (Phi) is 7.33. The van der Waals surface area contributed by atoms with E-state index in [1.807, 2.05) is 50.2 Å². The highest BCUT2D eigenvalue weighted by Gasteiger charge is 2.38. The van der Waals surface area contributed by atoms with E-state index >= 15 is 0 Å². The summed E-state index contributed by atoms with van der Waals surface area (Å²) in [5, 5.41) is 3.18. The van der Waals surface area contributed by atoms with Gasteiger partial charge in [-0.1, -0.05) is 42.0 Å². The third-order valence-electron chi connectivity index (χ3n) is 6.91. The summed E-state index contributed by atoms with van der Waals surface area (Å²) in [6.07, 6.45) is 1.98. The highest BCUT2D eigenvalue weighted by atomic mass is 16.5. The van der Waals surface area contributed by atoms with Gasteiger partial charge in [0, 0.05) is 44.7 Å². The Morgan fingerprint density at radius 1 is 1.12 bits per heavy atom. The Balaban J connectivity index is 1.38. The number of carbonyl (C=O) groups is 2. The van der Waals surface area contributed by atoms with Gasteiger partial charge >= 0.3 is 0 Å². The maximum atomic E-state index is 13.0. The number of hydrogen-bond acceptors (Lipinski definition) is 4. The predicted octanol–water partition coefficient (Wildman–Crippen LogP) is 3.61. The fourth-order valence-electron chi connectivity index (χ4n) is 4.82. The van der Waals surface area contributed by atoms with Crippen LogP contribution < -0.4 is 10.1 Å². The normalized spacial score (nSPS) is 20.0. The molecule has 0 spiro atoms. The van der Waals surface area contributed by atoms with Crippen LogP contribution in [0.25, 0.3) is 0 Å². The van der Waals surface area contributed by atoms with Gasteiger partial charge in [-0.2, -0.15) is 0 Å². The van der Waals surface area contributed by atoms with Crippen molar-refractivity contribution in [2.75, 3.05) is 32.9 Å². The molecule has 2 amide bonds. The molecular weight excluding hydrogens is 416 g/mol. The van der Waals surface area contributed by atoms with E-state index in [-0.39, 0.29) is 29.6 Å². The Morgan fingerprint density at radius 2 is 1.82 bits per heavy atom. The van der Waals surface area contributed by atoms with Crippen LogP contribution in [0.2, 0.25) is 0 Å². The lowest BCUT2D eigenvalue weighted by atomic mass is 9.74. The molecule has 2 aliphatic heterocycles. The second-order valence-electron chi connectivity index (χ2n) is 9.23. The van der Waals surface area contributed by atoms with Crippen molar-refractivity contribution in [2.24, 2.45) is 5.92 Å². The Morgan fingerprint density at radius 3 is 2.48 bits per heavy atom. The smallest absolute Gasteiger partial charge is 0.225 e. The quantitative estimate of drug-likeness (QED) is 0.667. The predicted molar refractivity (Wildman–Crippen MR) is 127 cm³/mol. The van der Waals surface area contributed by atoms with Crippen LogP contribution in [0.5, 0.6) is 5.75 Å². The molecule has 2 aromatic rings. The van der Waals surface area contributed by atoms with Gasteiger partial charge in [0.15, 0.2) is 0 Å². The van der Waals surface area contributed by atoms with Gasteiger partial charge in [-0.25, -0.2) is 0 Å². The van der Waals surface area contributed by atoms with E-state index in [9.17, 15) is 9.59 Å². The van der Waals surface area contributed by atoms with Crippen LogP contribution in [0, 0.1) is 12.8 Å². The molecule has 1 atom stereocenters. The number of hydrogen-bond donors (Lipinski definition) is 1. The Labute approximate surface area is 196 Å². The van der Waals surface area contributed by atoms with Crippen LogP contribution in [0.1, 0.15) is 42.9 Å². The molecular formula is C27H34N2O4. The molecule has 0 saturated carbocycles. The molecule has 2 aliphatic rings. The van der Waals surface area contributed by atoms with Crippen LogP contribution >= 0.6 is 0 Å². The number of amides is 2. The fourth-order valence-corrected chi connectivity index (χ4v) is 4.82. The Hall–Kier alpha value is -2.86. The Bertz CT molecular complexity index is 949. The number of rotatable bonds is 8. The highest BCUT2D eigenvalue weighted by Crippen LogP contribution is 2.35. The standard InChI is InChI=1S/C27H34N2O4/c1-3-33-24-10-8-23(9-11-24)27(12-14-32-15-13-27)19-28-26(31)22-16-25(30)29(18-22)17-21-6-4-20(2)5-7-21/h4-11,22H,3,12-19H2,1-2H3,(H,28,31). The molecule has 1 unspecified atom stereocenters. The summed E-state index contributed by atoms with van der Waals surface area (Å²) in [6.45, 7) is 7.57. The second-order valence-corrected chi connectivity index (χ2v) is 9.23. The van der Waals surface area contributed by atoms with Gasteiger partial charge < -0.3 is 19.7 Å². The van der Waals surface area contributed by atoms with Crippen LogP contribution in [-0.2, 0) is 26.3 Å². The summed E-state index contributed by atoms with van der Waals surface area (Å²) in [7, 11) is 0. The summed E-state index contributed by atoms with van der Waals surface area (Å²) >= 11 is 0. The largest absolute Gasteiger partial charge is 0.494 e. The monoisotopic (exact) mass is 450 g/mol. The minimum atomic E-state index is -0.305. The van der Waals surface area contributed by atoms with E-state index in [2.05, 4.69) is 17.4 Å². The van der Waals surface area contributed by atoms with Crippen molar-refractivity contribution in [3.05, 3.63) is 65.2 Å². The number of nitrogens with one attached hydrogen (secondary N) is 1. The summed E-state index contributed by atoms with van der Waals surface area (Å²) < 4.78 is 11.2. The molecule has 176 valence electrons. The van der Waals surface area contributed by atoms with E-state index < -0.39 is 0 Å². The number of ether oxygens (including phenoxy) is 2. The lowest BCUT2D eigenvalue weighted by Gasteiger charge is -2.38. The van der Waals surface area contributed by atoms with Gasteiger partial charge in [-0.05, 0) is 49.9 Å². The average Bonchev–Trinajstić information content (AvgIpc) is 3.20. The molecule has 4 rings (SSSR count). The first-order valence-corrected chi connectivity index (χ1v) is 11.9. The zero-order chi connectivity index (χ0) is 23.3. The number of aryl methyl sites for hydroxylation is 1. The molecule has 1 N–H and O–H groups in total. The van der Waals surface area contributed by atoms with Gasteiger partial charge in [-0.3, -0.25) is 9.59 Å². The molecule has 2 heterocycles. The van der Waals surface area contributed by atoms with E-state index in [4.69, 9.17) is 9.47 Å².